The summed E-state index contributed by atoms with van der Waals surface area (Å²) in [5.74, 6) is -1.80. The molecule has 2 aromatic carbocycles. The number of ether oxygens (including phenoxy) is 1. The van der Waals surface area contributed by atoms with Crippen molar-refractivity contribution in [3.8, 4) is 0 Å². The minimum atomic E-state index is -0.929. The van der Waals surface area contributed by atoms with Gasteiger partial charge >= 0.3 is 11.9 Å². The zero-order valence-corrected chi connectivity index (χ0v) is 12.3. The third-order valence-corrected chi connectivity index (χ3v) is 3.41. The highest BCUT2D eigenvalue weighted by atomic mass is 16.5. The number of rotatable bonds is 6. The SMILES string of the molecule is CC(=O)O[C@H](c1ccccc1)[C@H](CC(=O)O)c1ccccc1. The van der Waals surface area contributed by atoms with Gasteiger partial charge in [-0.05, 0) is 11.1 Å². The van der Waals surface area contributed by atoms with Crippen LogP contribution >= 0.6 is 0 Å². The molecule has 0 heterocycles. The van der Waals surface area contributed by atoms with Gasteiger partial charge in [0.05, 0.1) is 6.42 Å². The smallest absolute Gasteiger partial charge is 0.304 e. The van der Waals surface area contributed by atoms with E-state index < -0.39 is 24.0 Å². The molecule has 0 saturated heterocycles. The van der Waals surface area contributed by atoms with E-state index >= 15 is 0 Å². The molecule has 0 aliphatic carbocycles. The number of carbonyl (C=O) groups excluding carboxylic acids is 1. The van der Waals surface area contributed by atoms with Crippen LogP contribution in [0.15, 0.2) is 60.7 Å². The standard InChI is InChI=1S/C18H18O4/c1-13(19)22-18(15-10-6-3-7-11-15)16(12-17(20)21)14-8-4-2-5-9-14/h2-11,16,18H,12H2,1H3,(H,20,21)/t16-,18-/m1/s1. The summed E-state index contributed by atoms with van der Waals surface area (Å²) in [5.41, 5.74) is 1.62. The fourth-order valence-electron chi connectivity index (χ4n) is 2.49. The predicted octanol–water partition coefficient (Wildman–Crippen LogP) is 3.55. The second kappa shape index (κ2) is 7.41. The molecule has 0 amide bonds. The lowest BCUT2D eigenvalue weighted by atomic mass is 9.86. The maximum atomic E-state index is 11.5. The Labute approximate surface area is 129 Å². The Kier molecular flexibility index (Phi) is 5.31. The molecule has 0 radical (unpaired) electrons. The molecule has 0 aliphatic rings. The van der Waals surface area contributed by atoms with Gasteiger partial charge in [0.1, 0.15) is 6.10 Å². The van der Waals surface area contributed by atoms with Gasteiger partial charge in [0.15, 0.2) is 0 Å². The van der Waals surface area contributed by atoms with Gasteiger partial charge in [-0.15, -0.1) is 0 Å². The summed E-state index contributed by atoms with van der Waals surface area (Å²) >= 11 is 0. The van der Waals surface area contributed by atoms with E-state index in [-0.39, 0.29) is 6.42 Å². The minimum absolute atomic E-state index is 0.114. The lowest BCUT2D eigenvalue weighted by Gasteiger charge is -2.26. The number of esters is 1. The molecule has 2 atom stereocenters. The lowest BCUT2D eigenvalue weighted by molar-refractivity contribution is -0.150. The van der Waals surface area contributed by atoms with Gasteiger partial charge in [-0.1, -0.05) is 60.7 Å². The zero-order valence-electron chi connectivity index (χ0n) is 12.3. The summed E-state index contributed by atoms with van der Waals surface area (Å²) in [6, 6.07) is 18.5. The molecule has 22 heavy (non-hydrogen) atoms. The van der Waals surface area contributed by atoms with Crippen LogP contribution in [-0.4, -0.2) is 17.0 Å². The Morgan fingerprint density at radius 1 is 0.955 bits per heavy atom. The Hall–Kier alpha value is -2.62. The van der Waals surface area contributed by atoms with Crippen molar-refractivity contribution in [1.82, 2.24) is 0 Å². The van der Waals surface area contributed by atoms with Crippen LogP contribution in [0.5, 0.6) is 0 Å². The number of benzene rings is 2. The van der Waals surface area contributed by atoms with Crippen molar-refractivity contribution in [2.24, 2.45) is 0 Å². The number of carboxylic acid groups (broad SMARTS) is 1. The Morgan fingerprint density at radius 2 is 1.45 bits per heavy atom. The quantitative estimate of drug-likeness (QED) is 0.828. The van der Waals surface area contributed by atoms with E-state index in [0.29, 0.717) is 0 Å². The van der Waals surface area contributed by atoms with E-state index in [9.17, 15) is 14.7 Å². The van der Waals surface area contributed by atoms with Gasteiger partial charge in [-0.3, -0.25) is 9.59 Å². The second-order valence-corrected chi connectivity index (χ2v) is 5.06. The van der Waals surface area contributed by atoms with Crippen LogP contribution in [0.25, 0.3) is 0 Å². The highest BCUT2D eigenvalue weighted by Crippen LogP contribution is 2.36. The fourth-order valence-corrected chi connectivity index (χ4v) is 2.49. The fraction of sp³-hybridized carbons (Fsp3) is 0.222. The van der Waals surface area contributed by atoms with Crippen molar-refractivity contribution in [2.75, 3.05) is 0 Å². The van der Waals surface area contributed by atoms with Crippen LogP contribution < -0.4 is 0 Å². The van der Waals surface area contributed by atoms with Crippen molar-refractivity contribution in [3.63, 3.8) is 0 Å². The molecule has 2 aromatic rings. The van der Waals surface area contributed by atoms with Gasteiger partial charge in [-0.25, -0.2) is 0 Å². The summed E-state index contributed by atoms with van der Waals surface area (Å²) in [4.78, 5) is 22.7. The number of hydrogen-bond acceptors (Lipinski definition) is 3. The number of hydrogen-bond donors (Lipinski definition) is 1. The number of carbonyl (C=O) groups is 2. The molecular weight excluding hydrogens is 280 g/mol. The third kappa shape index (κ3) is 4.19. The molecule has 4 nitrogen and oxygen atoms in total. The van der Waals surface area contributed by atoms with Crippen LogP contribution in [-0.2, 0) is 14.3 Å². The first-order chi connectivity index (χ1) is 10.6. The molecule has 0 bridgehead atoms. The van der Waals surface area contributed by atoms with Crippen molar-refractivity contribution >= 4 is 11.9 Å². The normalized spacial score (nSPS) is 13.1. The van der Waals surface area contributed by atoms with E-state index in [2.05, 4.69) is 0 Å². The van der Waals surface area contributed by atoms with Crippen LogP contribution in [0.3, 0.4) is 0 Å². The van der Waals surface area contributed by atoms with E-state index in [4.69, 9.17) is 4.74 Å². The summed E-state index contributed by atoms with van der Waals surface area (Å²) in [5, 5.41) is 9.23. The topological polar surface area (TPSA) is 63.6 Å². The average molecular weight is 298 g/mol. The minimum Gasteiger partial charge on any atom is -0.481 e. The molecule has 0 fully saturated rings. The molecule has 4 heteroatoms. The van der Waals surface area contributed by atoms with Crippen LogP contribution in [0, 0.1) is 0 Å². The summed E-state index contributed by atoms with van der Waals surface area (Å²) in [6.07, 6.45) is -0.742. The Balaban J connectivity index is 2.43. The number of aliphatic carboxylic acids is 1. The monoisotopic (exact) mass is 298 g/mol. The molecule has 1 N–H and O–H groups in total. The second-order valence-electron chi connectivity index (χ2n) is 5.06. The van der Waals surface area contributed by atoms with Crippen molar-refractivity contribution in [2.45, 2.75) is 25.4 Å². The van der Waals surface area contributed by atoms with Crippen LogP contribution in [0.2, 0.25) is 0 Å². The Morgan fingerprint density at radius 3 is 1.91 bits per heavy atom. The van der Waals surface area contributed by atoms with Gasteiger partial charge in [0.25, 0.3) is 0 Å². The average Bonchev–Trinajstić information content (AvgIpc) is 2.52. The summed E-state index contributed by atoms with van der Waals surface area (Å²) < 4.78 is 5.45. The van der Waals surface area contributed by atoms with Gasteiger partial charge < -0.3 is 9.84 Å². The molecule has 0 unspecified atom stereocenters. The van der Waals surface area contributed by atoms with Crippen LogP contribution in [0.1, 0.15) is 36.5 Å². The Bertz CT molecular complexity index is 565. The molecule has 0 aromatic heterocycles. The van der Waals surface area contributed by atoms with E-state index in [1.165, 1.54) is 6.92 Å². The van der Waals surface area contributed by atoms with Crippen molar-refractivity contribution in [1.29, 1.82) is 0 Å². The third-order valence-electron chi connectivity index (χ3n) is 3.41. The van der Waals surface area contributed by atoms with Gasteiger partial charge in [0, 0.05) is 12.8 Å². The van der Waals surface area contributed by atoms with Crippen LogP contribution in [0.4, 0.5) is 0 Å². The van der Waals surface area contributed by atoms with E-state index in [1.54, 1.807) is 0 Å². The molecule has 0 spiro atoms. The van der Waals surface area contributed by atoms with E-state index in [1.807, 2.05) is 60.7 Å². The van der Waals surface area contributed by atoms with Crippen molar-refractivity contribution < 1.29 is 19.4 Å². The molecule has 114 valence electrons. The van der Waals surface area contributed by atoms with Gasteiger partial charge in [0.2, 0.25) is 0 Å². The highest BCUT2D eigenvalue weighted by Gasteiger charge is 2.29. The maximum Gasteiger partial charge on any atom is 0.304 e. The van der Waals surface area contributed by atoms with E-state index in [0.717, 1.165) is 11.1 Å². The largest absolute Gasteiger partial charge is 0.481 e. The van der Waals surface area contributed by atoms with Gasteiger partial charge in [-0.2, -0.15) is 0 Å². The zero-order chi connectivity index (χ0) is 15.9. The maximum absolute atomic E-state index is 11.5. The lowest BCUT2D eigenvalue weighted by Crippen LogP contribution is -2.20. The predicted molar refractivity (Wildman–Crippen MR) is 82.4 cm³/mol. The molecular formula is C18H18O4. The first kappa shape index (κ1) is 15.8. The molecule has 2 rings (SSSR count). The van der Waals surface area contributed by atoms with Crippen molar-refractivity contribution in [3.05, 3.63) is 71.8 Å². The first-order valence-corrected chi connectivity index (χ1v) is 7.07. The number of carboxylic acids is 1. The summed E-state index contributed by atoms with van der Waals surface area (Å²) in [7, 11) is 0. The first-order valence-electron chi connectivity index (χ1n) is 7.07. The molecule has 0 saturated carbocycles. The highest BCUT2D eigenvalue weighted by molar-refractivity contribution is 5.69. The summed E-state index contributed by atoms with van der Waals surface area (Å²) in [6.45, 7) is 1.33. The molecule has 0 aliphatic heterocycles.